The molecular weight excluding hydrogens is 349 g/mol. The summed E-state index contributed by atoms with van der Waals surface area (Å²) in [6.45, 7) is 4.61. The largest absolute Gasteiger partial charge is 0.493 e. The van der Waals surface area contributed by atoms with Crippen LogP contribution in [0.4, 0.5) is 13.2 Å². The molecule has 1 atom stereocenters. The standard InChI is InChI=1S/C18H23F3N2O3/c1-11(2)6-8-26-15-9-12(18(19,20)21)3-4-14(15)17(25)23-13-5-7-22-16(24)10-13/h3-4,9,11,13H,5-8,10H2,1-2H3,(H,22,24)(H,23,25). The summed E-state index contributed by atoms with van der Waals surface area (Å²) in [6.07, 6.45) is -3.15. The summed E-state index contributed by atoms with van der Waals surface area (Å²) in [5.74, 6) is -0.489. The second-order valence-corrected chi connectivity index (χ2v) is 6.75. The number of ether oxygens (including phenoxy) is 1. The summed E-state index contributed by atoms with van der Waals surface area (Å²) in [6, 6.07) is 2.48. The van der Waals surface area contributed by atoms with Crippen molar-refractivity contribution in [3.8, 4) is 5.75 Å². The van der Waals surface area contributed by atoms with Crippen LogP contribution in [0.25, 0.3) is 0 Å². The smallest absolute Gasteiger partial charge is 0.416 e. The maximum Gasteiger partial charge on any atom is 0.416 e. The molecule has 2 N–H and O–H groups in total. The molecule has 1 aliphatic heterocycles. The van der Waals surface area contributed by atoms with Crippen molar-refractivity contribution in [1.82, 2.24) is 10.6 Å². The minimum atomic E-state index is -4.52. The number of rotatable bonds is 6. The first kappa shape index (κ1) is 20.1. The first-order valence-electron chi connectivity index (χ1n) is 8.58. The van der Waals surface area contributed by atoms with Gasteiger partial charge in [-0.15, -0.1) is 0 Å². The number of piperidine rings is 1. The van der Waals surface area contributed by atoms with Gasteiger partial charge >= 0.3 is 6.18 Å². The topological polar surface area (TPSA) is 67.4 Å². The second kappa shape index (κ2) is 8.42. The Morgan fingerprint density at radius 3 is 2.73 bits per heavy atom. The van der Waals surface area contributed by atoms with E-state index in [-0.39, 0.29) is 36.3 Å². The summed E-state index contributed by atoms with van der Waals surface area (Å²) in [5, 5.41) is 5.36. The Labute approximate surface area is 150 Å². The van der Waals surface area contributed by atoms with E-state index in [4.69, 9.17) is 4.74 Å². The number of hydrogen-bond acceptors (Lipinski definition) is 3. The first-order valence-corrected chi connectivity index (χ1v) is 8.58. The fourth-order valence-electron chi connectivity index (χ4n) is 2.58. The van der Waals surface area contributed by atoms with Crippen LogP contribution in [0.15, 0.2) is 18.2 Å². The minimum absolute atomic E-state index is 0.0349. The lowest BCUT2D eigenvalue weighted by molar-refractivity contribution is -0.137. The van der Waals surface area contributed by atoms with Gasteiger partial charge in [-0.1, -0.05) is 13.8 Å². The second-order valence-electron chi connectivity index (χ2n) is 6.75. The van der Waals surface area contributed by atoms with Crippen LogP contribution < -0.4 is 15.4 Å². The molecule has 1 heterocycles. The van der Waals surface area contributed by atoms with Gasteiger partial charge in [0.05, 0.1) is 17.7 Å². The lowest BCUT2D eigenvalue weighted by Gasteiger charge is -2.23. The molecule has 0 aliphatic carbocycles. The van der Waals surface area contributed by atoms with E-state index in [1.165, 1.54) is 0 Å². The molecule has 0 aromatic heterocycles. The van der Waals surface area contributed by atoms with Crippen LogP contribution in [0.5, 0.6) is 5.75 Å². The molecule has 8 heteroatoms. The minimum Gasteiger partial charge on any atom is -0.493 e. The van der Waals surface area contributed by atoms with Gasteiger partial charge in [0, 0.05) is 19.0 Å². The highest BCUT2D eigenvalue weighted by Crippen LogP contribution is 2.33. The van der Waals surface area contributed by atoms with Gasteiger partial charge in [-0.05, 0) is 37.0 Å². The molecule has 1 aromatic rings. The monoisotopic (exact) mass is 372 g/mol. The van der Waals surface area contributed by atoms with Crippen molar-refractivity contribution in [1.29, 1.82) is 0 Å². The molecule has 0 saturated carbocycles. The molecule has 26 heavy (non-hydrogen) atoms. The van der Waals surface area contributed by atoms with Crippen LogP contribution in [0, 0.1) is 5.92 Å². The third kappa shape index (κ3) is 5.64. The molecule has 1 aromatic carbocycles. The number of alkyl halides is 3. The van der Waals surface area contributed by atoms with Crippen LogP contribution in [0.3, 0.4) is 0 Å². The maximum atomic E-state index is 13.0. The Morgan fingerprint density at radius 1 is 1.38 bits per heavy atom. The fraction of sp³-hybridized carbons (Fsp3) is 0.556. The maximum absolute atomic E-state index is 13.0. The SMILES string of the molecule is CC(C)CCOc1cc(C(F)(F)F)ccc1C(=O)NC1CCNC(=O)C1. The lowest BCUT2D eigenvalue weighted by atomic mass is 10.0. The van der Waals surface area contributed by atoms with E-state index in [0.717, 1.165) is 18.2 Å². The Bertz CT molecular complexity index is 660. The molecule has 1 aliphatic rings. The zero-order valence-corrected chi connectivity index (χ0v) is 14.8. The van der Waals surface area contributed by atoms with Gasteiger partial charge < -0.3 is 15.4 Å². The number of hydrogen-bond donors (Lipinski definition) is 2. The van der Waals surface area contributed by atoms with E-state index < -0.39 is 17.6 Å². The van der Waals surface area contributed by atoms with Crippen molar-refractivity contribution in [2.75, 3.05) is 13.2 Å². The fourth-order valence-corrected chi connectivity index (χ4v) is 2.58. The molecule has 1 fully saturated rings. The van der Waals surface area contributed by atoms with Gasteiger partial charge in [0.1, 0.15) is 5.75 Å². The zero-order chi connectivity index (χ0) is 19.3. The number of halogens is 3. The van der Waals surface area contributed by atoms with Crippen molar-refractivity contribution in [3.63, 3.8) is 0 Å². The van der Waals surface area contributed by atoms with E-state index in [9.17, 15) is 22.8 Å². The highest BCUT2D eigenvalue weighted by molar-refractivity contribution is 5.97. The summed E-state index contributed by atoms with van der Waals surface area (Å²) in [7, 11) is 0. The molecule has 1 saturated heterocycles. The molecule has 2 amide bonds. The van der Waals surface area contributed by atoms with Crippen molar-refractivity contribution in [3.05, 3.63) is 29.3 Å². The van der Waals surface area contributed by atoms with Gasteiger partial charge in [-0.2, -0.15) is 13.2 Å². The van der Waals surface area contributed by atoms with Crippen molar-refractivity contribution < 1.29 is 27.5 Å². The van der Waals surface area contributed by atoms with Crippen LogP contribution in [0.1, 0.15) is 49.0 Å². The van der Waals surface area contributed by atoms with E-state index in [1.54, 1.807) is 0 Å². The van der Waals surface area contributed by atoms with Gasteiger partial charge in [-0.25, -0.2) is 0 Å². The molecule has 2 rings (SSSR count). The Balaban J connectivity index is 2.18. The predicted octanol–water partition coefficient (Wildman–Crippen LogP) is 3.14. The zero-order valence-electron chi connectivity index (χ0n) is 14.8. The summed E-state index contributed by atoms with van der Waals surface area (Å²) in [5.41, 5.74) is -0.835. The van der Waals surface area contributed by atoms with E-state index in [1.807, 2.05) is 13.8 Å². The molecule has 0 radical (unpaired) electrons. The van der Waals surface area contributed by atoms with Crippen LogP contribution in [0.2, 0.25) is 0 Å². The normalized spacial score (nSPS) is 17.8. The highest BCUT2D eigenvalue weighted by atomic mass is 19.4. The Kier molecular flexibility index (Phi) is 6.50. The van der Waals surface area contributed by atoms with Crippen molar-refractivity contribution >= 4 is 11.8 Å². The molecule has 0 bridgehead atoms. The van der Waals surface area contributed by atoms with Crippen molar-refractivity contribution in [2.45, 2.75) is 45.3 Å². The molecular formula is C18H23F3N2O3. The number of nitrogens with one attached hydrogen (secondary N) is 2. The number of amides is 2. The summed E-state index contributed by atoms with van der Waals surface area (Å²) >= 11 is 0. The van der Waals surface area contributed by atoms with Gasteiger partial charge in [0.15, 0.2) is 0 Å². The average molecular weight is 372 g/mol. The third-order valence-corrected chi connectivity index (χ3v) is 4.09. The van der Waals surface area contributed by atoms with Crippen molar-refractivity contribution in [2.24, 2.45) is 5.92 Å². The first-order chi connectivity index (χ1) is 12.2. The molecule has 144 valence electrons. The third-order valence-electron chi connectivity index (χ3n) is 4.09. The van der Waals surface area contributed by atoms with E-state index in [0.29, 0.717) is 25.3 Å². The molecule has 1 unspecified atom stereocenters. The van der Waals surface area contributed by atoms with Crippen LogP contribution in [-0.4, -0.2) is 31.0 Å². The Morgan fingerprint density at radius 2 is 2.12 bits per heavy atom. The summed E-state index contributed by atoms with van der Waals surface area (Å²) < 4.78 is 44.4. The van der Waals surface area contributed by atoms with Crippen LogP contribution >= 0.6 is 0 Å². The Hall–Kier alpha value is -2.25. The average Bonchev–Trinajstić information content (AvgIpc) is 2.53. The summed E-state index contributed by atoms with van der Waals surface area (Å²) in [4.78, 5) is 23.9. The highest BCUT2D eigenvalue weighted by Gasteiger charge is 2.32. The van der Waals surface area contributed by atoms with Gasteiger partial charge in [0.2, 0.25) is 5.91 Å². The van der Waals surface area contributed by atoms with E-state index in [2.05, 4.69) is 10.6 Å². The van der Waals surface area contributed by atoms with Crippen LogP contribution in [-0.2, 0) is 11.0 Å². The number of carbonyl (C=O) groups excluding carboxylic acids is 2. The van der Waals surface area contributed by atoms with Gasteiger partial charge in [0.25, 0.3) is 5.91 Å². The lowest BCUT2D eigenvalue weighted by Crippen LogP contribution is -2.45. The quantitative estimate of drug-likeness (QED) is 0.806. The number of benzene rings is 1. The van der Waals surface area contributed by atoms with E-state index >= 15 is 0 Å². The molecule has 0 spiro atoms. The predicted molar refractivity (Wildman–Crippen MR) is 89.9 cm³/mol. The number of carbonyl (C=O) groups is 2. The van der Waals surface area contributed by atoms with Gasteiger partial charge in [-0.3, -0.25) is 9.59 Å². The molecule has 5 nitrogen and oxygen atoms in total.